The van der Waals surface area contributed by atoms with Gasteiger partial charge in [0.2, 0.25) is 5.88 Å². The Bertz CT molecular complexity index is 819. The van der Waals surface area contributed by atoms with Crippen molar-refractivity contribution < 1.29 is 14.3 Å². The number of anilines is 2. The average Bonchev–Trinajstić information content (AvgIpc) is 3.23. The van der Waals surface area contributed by atoms with Gasteiger partial charge in [-0.2, -0.15) is 0 Å². The highest BCUT2D eigenvalue weighted by molar-refractivity contribution is 5.94. The molecule has 2 aliphatic rings. The molecule has 0 aliphatic carbocycles. The highest BCUT2D eigenvalue weighted by Gasteiger charge is 2.28. The Morgan fingerprint density at radius 3 is 2.48 bits per heavy atom. The molecule has 0 N–H and O–H groups in total. The van der Waals surface area contributed by atoms with Crippen molar-refractivity contribution in [2.45, 2.75) is 12.5 Å². The van der Waals surface area contributed by atoms with Crippen molar-refractivity contribution in [1.29, 1.82) is 0 Å². The van der Waals surface area contributed by atoms with Crippen LogP contribution in [0, 0.1) is 0 Å². The van der Waals surface area contributed by atoms with Gasteiger partial charge in [0, 0.05) is 57.5 Å². The van der Waals surface area contributed by atoms with E-state index in [-0.39, 0.29) is 12.0 Å². The number of amides is 1. The second-order valence-corrected chi connectivity index (χ2v) is 7.55. The summed E-state index contributed by atoms with van der Waals surface area (Å²) in [4.78, 5) is 18.9. The fraction of sp³-hybridized carbons (Fsp3) is 0.476. The number of hydrogen-bond donors (Lipinski definition) is 0. The largest absolute Gasteiger partial charge is 0.471 e. The zero-order valence-electron chi connectivity index (χ0n) is 17.0. The fourth-order valence-corrected chi connectivity index (χ4v) is 3.61. The Kier molecular flexibility index (Phi) is 5.80. The third-order valence-electron chi connectivity index (χ3n) is 5.29. The Morgan fingerprint density at radius 2 is 1.83 bits per heavy atom. The van der Waals surface area contributed by atoms with Crippen LogP contribution in [0.4, 0.5) is 11.5 Å². The lowest BCUT2D eigenvalue weighted by Crippen LogP contribution is -2.36. The molecule has 0 saturated carbocycles. The Labute approximate surface area is 171 Å². The summed E-state index contributed by atoms with van der Waals surface area (Å²) in [6.07, 6.45) is 0.723. The van der Waals surface area contributed by atoms with Gasteiger partial charge in [-0.1, -0.05) is 0 Å². The highest BCUT2D eigenvalue weighted by Crippen LogP contribution is 2.21. The van der Waals surface area contributed by atoms with Crippen molar-refractivity contribution in [1.82, 2.24) is 15.1 Å². The summed E-state index contributed by atoms with van der Waals surface area (Å²) in [7, 11) is 3.83. The van der Waals surface area contributed by atoms with Gasteiger partial charge in [0.15, 0.2) is 5.82 Å². The normalized spacial score (nSPS) is 19.3. The van der Waals surface area contributed by atoms with E-state index in [1.165, 1.54) is 0 Å². The molecule has 1 amide bonds. The van der Waals surface area contributed by atoms with E-state index in [0.29, 0.717) is 24.5 Å². The Hall–Kier alpha value is -2.87. The second-order valence-electron chi connectivity index (χ2n) is 7.55. The summed E-state index contributed by atoms with van der Waals surface area (Å²) < 4.78 is 11.3. The minimum atomic E-state index is -0.0638. The number of benzene rings is 1. The van der Waals surface area contributed by atoms with Crippen LogP contribution in [-0.4, -0.2) is 80.6 Å². The van der Waals surface area contributed by atoms with Gasteiger partial charge in [0.25, 0.3) is 5.91 Å². The number of nitrogens with zero attached hydrogens (tertiary/aromatic N) is 5. The summed E-state index contributed by atoms with van der Waals surface area (Å²) in [5, 5.41) is 8.24. The van der Waals surface area contributed by atoms with Crippen LogP contribution in [0.2, 0.25) is 0 Å². The van der Waals surface area contributed by atoms with Gasteiger partial charge in [-0.05, 0) is 30.3 Å². The van der Waals surface area contributed by atoms with Crippen LogP contribution in [0.5, 0.6) is 5.88 Å². The van der Waals surface area contributed by atoms with E-state index in [9.17, 15) is 4.79 Å². The van der Waals surface area contributed by atoms with Crippen LogP contribution in [-0.2, 0) is 4.74 Å². The second kappa shape index (κ2) is 8.65. The quantitative estimate of drug-likeness (QED) is 0.760. The number of ether oxygens (including phenoxy) is 2. The number of morpholine rings is 1. The van der Waals surface area contributed by atoms with Crippen molar-refractivity contribution >= 4 is 17.4 Å². The van der Waals surface area contributed by atoms with Gasteiger partial charge < -0.3 is 24.2 Å². The van der Waals surface area contributed by atoms with Gasteiger partial charge in [-0.25, -0.2) is 0 Å². The third kappa shape index (κ3) is 4.59. The molecule has 8 heteroatoms. The minimum absolute atomic E-state index is 0.0404. The van der Waals surface area contributed by atoms with E-state index in [4.69, 9.17) is 9.47 Å². The standard InChI is InChI=1S/C21H27N5O3/c1-24(2)19-7-8-20(23-22-19)29-18-9-10-26(15-18)21(27)16-3-5-17(6-4-16)25-11-13-28-14-12-25/h3-8,18H,9-15H2,1-2H3. The van der Waals surface area contributed by atoms with E-state index >= 15 is 0 Å². The molecular formula is C21H27N5O3. The van der Waals surface area contributed by atoms with Gasteiger partial charge >= 0.3 is 0 Å². The molecule has 2 aromatic rings. The zero-order valence-corrected chi connectivity index (χ0v) is 17.0. The molecule has 3 heterocycles. The molecule has 1 aromatic heterocycles. The van der Waals surface area contributed by atoms with Crippen molar-refractivity contribution in [3.63, 3.8) is 0 Å². The SMILES string of the molecule is CN(C)c1ccc(OC2CCN(C(=O)c3ccc(N4CCOCC4)cc3)C2)nn1. The lowest BCUT2D eigenvalue weighted by atomic mass is 10.1. The molecule has 8 nitrogen and oxygen atoms in total. The number of hydrogen-bond acceptors (Lipinski definition) is 7. The molecule has 1 aromatic carbocycles. The molecule has 2 saturated heterocycles. The van der Waals surface area contributed by atoms with Crippen LogP contribution in [0.3, 0.4) is 0 Å². The van der Waals surface area contributed by atoms with Gasteiger partial charge in [0.1, 0.15) is 6.10 Å². The average molecular weight is 397 g/mol. The van der Waals surface area contributed by atoms with Crippen LogP contribution in [0.25, 0.3) is 0 Å². The molecule has 4 rings (SSSR count). The highest BCUT2D eigenvalue weighted by atomic mass is 16.5. The van der Waals surface area contributed by atoms with Crippen molar-refractivity contribution in [3.8, 4) is 5.88 Å². The summed E-state index contributed by atoms with van der Waals surface area (Å²) in [6.45, 7) is 4.50. The first-order valence-corrected chi connectivity index (χ1v) is 10.00. The minimum Gasteiger partial charge on any atom is -0.471 e. The monoisotopic (exact) mass is 397 g/mol. The summed E-state index contributed by atoms with van der Waals surface area (Å²) in [5.74, 6) is 1.31. The smallest absolute Gasteiger partial charge is 0.253 e. The predicted octanol–water partition coefficient (Wildman–Crippen LogP) is 1.67. The fourth-order valence-electron chi connectivity index (χ4n) is 3.61. The number of likely N-dealkylation sites (tertiary alicyclic amines) is 1. The van der Waals surface area contributed by atoms with E-state index in [0.717, 1.165) is 44.2 Å². The van der Waals surface area contributed by atoms with Gasteiger partial charge in [-0.3, -0.25) is 4.79 Å². The van der Waals surface area contributed by atoms with Crippen molar-refractivity contribution in [3.05, 3.63) is 42.0 Å². The Morgan fingerprint density at radius 1 is 1.07 bits per heavy atom. The van der Waals surface area contributed by atoms with Crippen LogP contribution in [0.15, 0.2) is 36.4 Å². The Balaban J connectivity index is 1.33. The van der Waals surface area contributed by atoms with E-state index in [2.05, 4.69) is 15.1 Å². The molecule has 29 heavy (non-hydrogen) atoms. The van der Waals surface area contributed by atoms with Gasteiger partial charge in [-0.15, -0.1) is 10.2 Å². The number of rotatable bonds is 5. The predicted molar refractivity (Wildman–Crippen MR) is 111 cm³/mol. The molecule has 154 valence electrons. The van der Waals surface area contributed by atoms with Gasteiger partial charge in [0.05, 0.1) is 19.8 Å². The summed E-state index contributed by atoms with van der Waals surface area (Å²) >= 11 is 0. The summed E-state index contributed by atoms with van der Waals surface area (Å²) in [5.41, 5.74) is 1.84. The third-order valence-corrected chi connectivity index (χ3v) is 5.29. The molecule has 1 atom stereocenters. The van der Waals surface area contributed by atoms with E-state index < -0.39 is 0 Å². The molecule has 0 bridgehead atoms. The number of carbonyl (C=O) groups is 1. The topological polar surface area (TPSA) is 71.0 Å². The molecule has 1 unspecified atom stereocenters. The van der Waals surface area contributed by atoms with Crippen LogP contribution < -0.4 is 14.5 Å². The lowest BCUT2D eigenvalue weighted by Gasteiger charge is -2.29. The lowest BCUT2D eigenvalue weighted by molar-refractivity contribution is 0.0771. The maximum Gasteiger partial charge on any atom is 0.253 e. The van der Waals surface area contributed by atoms with Crippen molar-refractivity contribution in [2.24, 2.45) is 0 Å². The first kappa shape index (κ1) is 19.4. The van der Waals surface area contributed by atoms with Crippen molar-refractivity contribution in [2.75, 3.05) is 63.3 Å². The number of aromatic nitrogens is 2. The molecular weight excluding hydrogens is 370 g/mol. The first-order valence-electron chi connectivity index (χ1n) is 10.00. The summed E-state index contributed by atoms with van der Waals surface area (Å²) in [6, 6.07) is 11.5. The molecule has 2 fully saturated rings. The van der Waals surface area contributed by atoms with E-state index in [1.807, 2.05) is 60.3 Å². The molecule has 0 spiro atoms. The zero-order chi connectivity index (χ0) is 20.2. The molecule has 2 aliphatic heterocycles. The van der Waals surface area contributed by atoms with Crippen LogP contribution in [0.1, 0.15) is 16.8 Å². The molecule has 0 radical (unpaired) electrons. The van der Waals surface area contributed by atoms with Crippen LogP contribution >= 0.6 is 0 Å². The number of carbonyl (C=O) groups excluding carboxylic acids is 1. The maximum absolute atomic E-state index is 12.9. The first-order chi connectivity index (χ1) is 14.1. The maximum atomic E-state index is 12.9. The van der Waals surface area contributed by atoms with E-state index in [1.54, 1.807) is 0 Å².